The maximum absolute atomic E-state index is 5.48. The van der Waals surface area contributed by atoms with Crippen molar-refractivity contribution < 1.29 is 4.74 Å². The minimum Gasteiger partial charge on any atom is -0.497 e. The summed E-state index contributed by atoms with van der Waals surface area (Å²) in [5.41, 5.74) is 4.55. The van der Waals surface area contributed by atoms with Crippen LogP contribution in [-0.2, 0) is 11.8 Å². The lowest BCUT2D eigenvalue weighted by Crippen LogP contribution is -2.51. The molecule has 4 rings (SSSR count). The molecular formula is C19H22ClNO. The zero-order valence-electron chi connectivity index (χ0n) is 12.8. The van der Waals surface area contributed by atoms with Gasteiger partial charge >= 0.3 is 0 Å². The van der Waals surface area contributed by atoms with E-state index < -0.39 is 0 Å². The van der Waals surface area contributed by atoms with Crippen molar-refractivity contribution in [2.75, 3.05) is 13.7 Å². The van der Waals surface area contributed by atoms with E-state index in [0.717, 1.165) is 25.1 Å². The van der Waals surface area contributed by atoms with Gasteiger partial charge in [0, 0.05) is 11.5 Å². The normalized spacial score (nSPS) is 25.8. The van der Waals surface area contributed by atoms with Crippen LogP contribution >= 0.6 is 12.4 Å². The van der Waals surface area contributed by atoms with E-state index in [1.807, 2.05) is 0 Å². The minimum absolute atomic E-state index is 0. The lowest BCUT2D eigenvalue weighted by Gasteiger charge is -2.47. The number of hydrogen-bond acceptors (Lipinski definition) is 2. The van der Waals surface area contributed by atoms with Crippen LogP contribution in [-0.4, -0.2) is 19.7 Å². The Hall–Kier alpha value is -1.51. The van der Waals surface area contributed by atoms with E-state index in [1.165, 1.54) is 23.1 Å². The maximum Gasteiger partial charge on any atom is 0.119 e. The second-order valence-corrected chi connectivity index (χ2v) is 6.28. The fourth-order valence-corrected chi connectivity index (χ4v) is 4.22. The van der Waals surface area contributed by atoms with Gasteiger partial charge in [0.1, 0.15) is 5.75 Å². The van der Waals surface area contributed by atoms with E-state index in [4.69, 9.17) is 4.74 Å². The van der Waals surface area contributed by atoms with Crippen LogP contribution < -0.4 is 10.1 Å². The molecule has 2 nitrogen and oxygen atoms in total. The highest BCUT2D eigenvalue weighted by Gasteiger charge is 2.44. The van der Waals surface area contributed by atoms with Crippen LogP contribution in [0.3, 0.4) is 0 Å². The molecule has 1 aliphatic heterocycles. The van der Waals surface area contributed by atoms with Gasteiger partial charge in [0.05, 0.1) is 7.11 Å². The van der Waals surface area contributed by atoms with E-state index in [-0.39, 0.29) is 17.8 Å². The highest BCUT2D eigenvalue weighted by Crippen LogP contribution is 2.47. The third kappa shape index (κ3) is 2.31. The number of halogens is 1. The lowest BCUT2D eigenvalue weighted by molar-refractivity contribution is 0.268. The quantitative estimate of drug-likeness (QED) is 0.912. The van der Waals surface area contributed by atoms with Gasteiger partial charge in [-0.25, -0.2) is 0 Å². The first-order valence-electron chi connectivity index (χ1n) is 7.78. The number of fused-ring (bicyclic) bond motifs is 4. The van der Waals surface area contributed by atoms with Crippen molar-refractivity contribution in [2.24, 2.45) is 0 Å². The molecule has 116 valence electrons. The SMILES string of the molecule is COc1ccc2c(c1)C1(c3ccccc3)CCNC(C2)C1.Cl. The van der Waals surface area contributed by atoms with Crippen LogP contribution in [0, 0.1) is 0 Å². The van der Waals surface area contributed by atoms with Gasteiger partial charge < -0.3 is 10.1 Å². The van der Waals surface area contributed by atoms with Crippen molar-refractivity contribution in [1.29, 1.82) is 0 Å². The molecule has 22 heavy (non-hydrogen) atoms. The minimum atomic E-state index is 0. The molecule has 0 spiro atoms. The standard InChI is InChI=1S/C19H21NO.ClH/c1-21-17-8-7-14-11-16-13-19(9-10-20-16,18(14)12-17)15-5-3-2-4-6-15;/h2-8,12,16,20H,9-11,13H2,1H3;1H. The zero-order valence-corrected chi connectivity index (χ0v) is 13.7. The van der Waals surface area contributed by atoms with Gasteiger partial charge in [-0.3, -0.25) is 0 Å². The van der Waals surface area contributed by atoms with Crippen LogP contribution in [0.1, 0.15) is 29.5 Å². The summed E-state index contributed by atoms with van der Waals surface area (Å²) in [6, 6.07) is 18.2. The maximum atomic E-state index is 5.48. The summed E-state index contributed by atoms with van der Waals surface area (Å²) < 4.78 is 5.48. The summed E-state index contributed by atoms with van der Waals surface area (Å²) >= 11 is 0. The molecule has 2 bridgehead atoms. The number of hydrogen-bond donors (Lipinski definition) is 1. The summed E-state index contributed by atoms with van der Waals surface area (Å²) in [5, 5.41) is 3.68. The van der Waals surface area contributed by atoms with Crippen molar-refractivity contribution >= 4 is 12.4 Å². The molecule has 1 heterocycles. The smallest absolute Gasteiger partial charge is 0.119 e. The Bertz CT molecular complexity index is 658. The van der Waals surface area contributed by atoms with Crippen LogP contribution in [0.15, 0.2) is 48.5 Å². The van der Waals surface area contributed by atoms with Crippen LogP contribution in [0.2, 0.25) is 0 Å². The van der Waals surface area contributed by atoms with E-state index in [0.29, 0.717) is 6.04 Å². The van der Waals surface area contributed by atoms with Gasteiger partial charge in [0.2, 0.25) is 0 Å². The molecule has 1 aliphatic carbocycles. The Labute approximate surface area is 138 Å². The predicted molar refractivity (Wildman–Crippen MR) is 92.2 cm³/mol. The molecule has 2 unspecified atom stereocenters. The first kappa shape index (κ1) is 15.4. The second-order valence-electron chi connectivity index (χ2n) is 6.28. The lowest BCUT2D eigenvalue weighted by atomic mass is 9.61. The number of methoxy groups -OCH3 is 1. The molecule has 2 aromatic carbocycles. The zero-order chi connectivity index (χ0) is 14.3. The van der Waals surface area contributed by atoms with E-state index >= 15 is 0 Å². The molecule has 1 N–H and O–H groups in total. The summed E-state index contributed by atoms with van der Waals surface area (Å²) in [5.74, 6) is 0.973. The Morgan fingerprint density at radius 3 is 2.73 bits per heavy atom. The summed E-state index contributed by atoms with van der Waals surface area (Å²) in [6.07, 6.45) is 3.48. The first-order chi connectivity index (χ1) is 10.3. The van der Waals surface area contributed by atoms with E-state index in [1.54, 1.807) is 7.11 Å². The topological polar surface area (TPSA) is 21.3 Å². The van der Waals surface area contributed by atoms with Crippen molar-refractivity contribution in [1.82, 2.24) is 5.32 Å². The average molecular weight is 316 g/mol. The molecule has 1 saturated heterocycles. The Kier molecular flexibility index (Phi) is 4.16. The fourth-order valence-electron chi connectivity index (χ4n) is 4.22. The number of benzene rings is 2. The molecule has 3 heteroatoms. The fraction of sp³-hybridized carbons (Fsp3) is 0.368. The molecule has 2 aliphatic rings. The van der Waals surface area contributed by atoms with Crippen molar-refractivity contribution in [3.63, 3.8) is 0 Å². The number of ether oxygens (including phenoxy) is 1. The van der Waals surface area contributed by atoms with E-state index in [2.05, 4.69) is 53.8 Å². The largest absolute Gasteiger partial charge is 0.497 e. The van der Waals surface area contributed by atoms with Crippen LogP contribution in [0.4, 0.5) is 0 Å². The van der Waals surface area contributed by atoms with Gasteiger partial charge in [-0.1, -0.05) is 36.4 Å². The highest BCUT2D eigenvalue weighted by molar-refractivity contribution is 5.85. The molecule has 2 atom stereocenters. The molecule has 1 fully saturated rings. The monoisotopic (exact) mass is 315 g/mol. The third-order valence-electron chi connectivity index (χ3n) is 5.20. The number of piperidine rings is 1. The highest BCUT2D eigenvalue weighted by atomic mass is 35.5. The van der Waals surface area contributed by atoms with Crippen molar-refractivity contribution in [3.05, 3.63) is 65.2 Å². The predicted octanol–water partition coefficient (Wildman–Crippen LogP) is 3.71. The van der Waals surface area contributed by atoms with Crippen LogP contribution in [0.5, 0.6) is 5.75 Å². The molecular weight excluding hydrogens is 294 g/mol. The average Bonchev–Trinajstić information content (AvgIpc) is 2.55. The van der Waals surface area contributed by atoms with Crippen molar-refractivity contribution in [2.45, 2.75) is 30.7 Å². The molecule has 0 radical (unpaired) electrons. The third-order valence-corrected chi connectivity index (χ3v) is 5.20. The van der Waals surface area contributed by atoms with E-state index in [9.17, 15) is 0 Å². The molecule has 2 aromatic rings. The van der Waals surface area contributed by atoms with Gasteiger partial charge in [-0.2, -0.15) is 0 Å². The first-order valence-corrected chi connectivity index (χ1v) is 7.78. The summed E-state index contributed by atoms with van der Waals surface area (Å²) in [4.78, 5) is 0. The van der Waals surface area contributed by atoms with Gasteiger partial charge in [-0.05, 0) is 54.6 Å². The van der Waals surface area contributed by atoms with Crippen molar-refractivity contribution in [3.8, 4) is 5.75 Å². The van der Waals surface area contributed by atoms with Crippen LogP contribution in [0.25, 0.3) is 0 Å². The molecule has 0 saturated carbocycles. The Morgan fingerprint density at radius 2 is 1.95 bits per heavy atom. The van der Waals surface area contributed by atoms with Gasteiger partial charge in [0.15, 0.2) is 0 Å². The number of nitrogens with one attached hydrogen (secondary N) is 1. The molecule has 0 amide bonds. The summed E-state index contributed by atoms with van der Waals surface area (Å²) in [7, 11) is 1.75. The van der Waals surface area contributed by atoms with Gasteiger partial charge in [0.25, 0.3) is 0 Å². The summed E-state index contributed by atoms with van der Waals surface area (Å²) in [6.45, 7) is 1.09. The Balaban J connectivity index is 0.00000144. The Morgan fingerprint density at radius 1 is 1.14 bits per heavy atom. The van der Waals surface area contributed by atoms with Gasteiger partial charge in [-0.15, -0.1) is 12.4 Å². The number of rotatable bonds is 2. The molecule has 0 aromatic heterocycles. The second kappa shape index (κ2) is 5.94.